The molecule has 1 fully saturated rings. The van der Waals surface area contributed by atoms with Crippen LogP contribution in [0, 0.1) is 11.2 Å². The van der Waals surface area contributed by atoms with Crippen molar-refractivity contribution in [2.75, 3.05) is 40.9 Å². The van der Waals surface area contributed by atoms with Crippen LogP contribution in [0.3, 0.4) is 0 Å². The Morgan fingerprint density at radius 1 is 1.25 bits per heavy atom. The lowest BCUT2D eigenvalue weighted by Gasteiger charge is -2.30. The fourth-order valence-electron chi connectivity index (χ4n) is 3.93. The van der Waals surface area contributed by atoms with Crippen LogP contribution >= 0.6 is 0 Å². The first-order valence-corrected chi connectivity index (χ1v) is 10.4. The van der Waals surface area contributed by atoms with Gasteiger partial charge >= 0.3 is 0 Å². The molecule has 0 unspecified atom stereocenters. The van der Waals surface area contributed by atoms with Crippen LogP contribution < -0.4 is 10.6 Å². The van der Waals surface area contributed by atoms with Crippen molar-refractivity contribution < 1.29 is 9.13 Å². The van der Waals surface area contributed by atoms with Gasteiger partial charge in [-0.25, -0.2) is 9.38 Å². The van der Waals surface area contributed by atoms with Crippen molar-refractivity contribution in [3.05, 3.63) is 35.1 Å². The Kier molecular flexibility index (Phi) is 9.19. The van der Waals surface area contributed by atoms with E-state index in [1.807, 2.05) is 31.1 Å². The van der Waals surface area contributed by atoms with Crippen LogP contribution in [-0.2, 0) is 17.8 Å². The molecule has 2 N–H and O–H groups in total. The minimum Gasteiger partial charge on any atom is -0.385 e. The van der Waals surface area contributed by atoms with Gasteiger partial charge in [0.1, 0.15) is 5.82 Å². The summed E-state index contributed by atoms with van der Waals surface area (Å²) in [4.78, 5) is 6.70. The molecule has 5 nitrogen and oxygen atoms in total. The van der Waals surface area contributed by atoms with E-state index in [0.717, 1.165) is 37.6 Å². The lowest BCUT2D eigenvalue weighted by Crippen LogP contribution is -2.43. The fraction of sp³-hybridized carbons (Fsp3) is 0.682. The average Bonchev–Trinajstić information content (AvgIpc) is 3.13. The van der Waals surface area contributed by atoms with Crippen LogP contribution in [0.15, 0.2) is 23.2 Å². The second kappa shape index (κ2) is 11.4. The maximum Gasteiger partial charge on any atom is 0.191 e. The summed E-state index contributed by atoms with van der Waals surface area (Å²) < 4.78 is 19.3. The summed E-state index contributed by atoms with van der Waals surface area (Å²) in [6.07, 6.45) is 6.16. The van der Waals surface area contributed by atoms with Gasteiger partial charge in [0.15, 0.2) is 5.96 Å². The van der Waals surface area contributed by atoms with Gasteiger partial charge in [0.05, 0.1) is 6.54 Å². The molecule has 1 aromatic carbocycles. The highest BCUT2D eigenvalue weighted by atomic mass is 19.1. The summed E-state index contributed by atoms with van der Waals surface area (Å²) >= 11 is 0. The van der Waals surface area contributed by atoms with Gasteiger partial charge in [-0.05, 0) is 63.4 Å². The molecule has 0 bridgehead atoms. The van der Waals surface area contributed by atoms with Crippen molar-refractivity contribution in [2.45, 2.75) is 52.1 Å². The maximum atomic E-state index is 14.0. The quantitative estimate of drug-likeness (QED) is 0.472. The molecular formula is C22H37FN4O. The number of ether oxygens (including phenoxy) is 1. The van der Waals surface area contributed by atoms with E-state index in [2.05, 4.69) is 17.6 Å². The number of hydrogen-bond acceptors (Lipinski definition) is 3. The zero-order valence-corrected chi connectivity index (χ0v) is 18.0. The van der Waals surface area contributed by atoms with Crippen LogP contribution in [0.5, 0.6) is 0 Å². The average molecular weight is 393 g/mol. The molecule has 0 spiro atoms. The number of benzene rings is 1. The van der Waals surface area contributed by atoms with Crippen molar-refractivity contribution in [1.82, 2.24) is 15.5 Å². The molecule has 0 radical (unpaired) electrons. The highest BCUT2D eigenvalue weighted by Crippen LogP contribution is 2.40. The third-order valence-corrected chi connectivity index (χ3v) is 5.49. The SMILES string of the molecule is CCNC(=NCc1ccc(F)c(CN(C)C)c1)NCC1(CCOC)CCCC1. The Bertz CT molecular complexity index is 627. The van der Waals surface area contributed by atoms with E-state index in [1.165, 1.54) is 25.7 Å². The van der Waals surface area contributed by atoms with E-state index in [9.17, 15) is 4.39 Å². The summed E-state index contributed by atoms with van der Waals surface area (Å²) in [6, 6.07) is 5.28. The topological polar surface area (TPSA) is 48.9 Å². The minimum absolute atomic E-state index is 0.159. The summed E-state index contributed by atoms with van der Waals surface area (Å²) in [5, 5.41) is 6.88. The molecule has 28 heavy (non-hydrogen) atoms. The van der Waals surface area contributed by atoms with E-state index in [0.29, 0.717) is 24.1 Å². The molecule has 1 aliphatic rings. The molecule has 1 aliphatic carbocycles. The van der Waals surface area contributed by atoms with Crippen LogP contribution in [-0.4, -0.2) is 51.8 Å². The van der Waals surface area contributed by atoms with Gasteiger partial charge in [0.25, 0.3) is 0 Å². The smallest absolute Gasteiger partial charge is 0.191 e. The number of nitrogens with one attached hydrogen (secondary N) is 2. The van der Waals surface area contributed by atoms with Gasteiger partial charge in [0.2, 0.25) is 0 Å². The number of halogens is 1. The molecule has 0 aliphatic heterocycles. The van der Waals surface area contributed by atoms with E-state index in [-0.39, 0.29) is 5.82 Å². The number of hydrogen-bond donors (Lipinski definition) is 2. The van der Waals surface area contributed by atoms with Gasteiger partial charge < -0.3 is 20.3 Å². The largest absolute Gasteiger partial charge is 0.385 e. The predicted molar refractivity (Wildman–Crippen MR) is 114 cm³/mol. The van der Waals surface area contributed by atoms with Crippen LogP contribution in [0.1, 0.15) is 50.2 Å². The van der Waals surface area contributed by atoms with Crippen molar-refractivity contribution in [2.24, 2.45) is 10.4 Å². The maximum absolute atomic E-state index is 14.0. The number of methoxy groups -OCH3 is 1. The number of aliphatic imine (C=N–C) groups is 1. The summed E-state index contributed by atoms with van der Waals surface area (Å²) in [7, 11) is 5.66. The second-order valence-corrected chi connectivity index (χ2v) is 8.16. The third-order valence-electron chi connectivity index (χ3n) is 5.49. The standard InChI is InChI=1S/C22H37FN4O/c1-5-24-21(26-17-22(12-13-28-4)10-6-7-11-22)25-15-18-8-9-20(23)19(14-18)16-27(2)3/h8-9,14H,5-7,10-13,15-17H2,1-4H3,(H2,24,25,26). The molecule has 158 valence electrons. The zero-order chi connectivity index (χ0) is 20.4. The first-order valence-electron chi connectivity index (χ1n) is 10.4. The molecule has 0 amide bonds. The van der Waals surface area contributed by atoms with E-state index >= 15 is 0 Å². The normalized spacial score (nSPS) is 16.6. The van der Waals surface area contributed by atoms with E-state index < -0.39 is 0 Å². The molecule has 0 aromatic heterocycles. The van der Waals surface area contributed by atoms with Gasteiger partial charge in [-0.3, -0.25) is 0 Å². The predicted octanol–water partition coefficient (Wildman–Crippen LogP) is 3.54. The molecule has 1 saturated carbocycles. The van der Waals surface area contributed by atoms with Gasteiger partial charge in [-0.15, -0.1) is 0 Å². The van der Waals surface area contributed by atoms with Crippen molar-refractivity contribution in [1.29, 1.82) is 0 Å². The molecule has 0 heterocycles. The zero-order valence-electron chi connectivity index (χ0n) is 18.0. The van der Waals surface area contributed by atoms with E-state index in [4.69, 9.17) is 9.73 Å². The number of nitrogens with zero attached hydrogens (tertiary/aromatic N) is 2. The minimum atomic E-state index is -0.159. The summed E-state index contributed by atoms with van der Waals surface area (Å²) in [5.74, 6) is 0.664. The van der Waals surface area contributed by atoms with Crippen LogP contribution in [0.4, 0.5) is 4.39 Å². The molecule has 0 saturated heterocycles. The number of rotatable bonds is 10. The molecule has 2 rings (SSSR count). The van der Waals surface area contributed by atoms with Crippen molar-refractivity contribution in [3.63, 3.8) is 0 Å². The van der Waals surface area contributed by atoms with E-state index in [1.54, 1.807) is 13.2 Å². The molecule has 1 aromatic rings. The van der Waals surface area contributed by atoms with Crippen LogP contribution in [0.25, 0.3) is 0 Å². The summed E-state index contributed by atoms with van der Waals surface area (Å²) in [6.45, 7) is 5.72. The van der Waals surface area contributed by atoms with Gasteiger partial charge in [0, 0.05) is 38.9 Å². The molecule has 0 atom stereocenters. The Labute approximate surface area is 169 Å². The lowest BCUT2D eigenvalue weighted by atomic mass is 9.83. The molecule has 6 heteroatoms. The third kappa shape index (κ3) is 7.06. The second-order valence-electron chi connectivity index (χ2n) is 8.16. The van der Waals surface area contributed by atoms with Crippen molar-refractivity contribution in [3.8, 4) is 0 Å². The van der Waals surface area contributed by atoms with Gasteiger partial charge in [-0.1, -0.05) is 18.9 Å². The van der Waals surface area contributed by atoms with Crippen LogP contribution in [0.2, 0.25) is 0 Å². The Morgan fingerprint density at radius 2 is 2.00 bits per heavy atom. The van der Waals surface area contributed by atoms with Gasteiger partial charge in [-0.2, -0.15) is 0 Å². The first kappa shape index (κ1) is 22.6. The lowest BCUT2D eigenvalue weighted by molar-refractivity contribution is 0.138. The monoisotopic (exact) mass is 392 g/mol. The summed E-state index contributed by atoms with van der Waals surface area (Å²) in [5.41, 5.74) is 2.03. The Balaban J connectivity index is 2.01. The molecular weight excluding hydrogens is 355 g/mol. The van der Waals surface area contributed by atoms with Crippen molar-refractivity contribution >= 4 is 5.96 Å². The first-order chi connectivity index (χ1) is 13.5. The highest BCUT2D eigenvalue weighted by molar-refractivity contribution is 5.79. The Hall–Kier alpha value is -1.66. The fourth-order valence-corrected chi connectivity index (χ4v) is 3.93. The number of guanidine groups is 1. The Morgan fingerprint density at radius 3 is 2.64 bits per heavy atom. The highest BCUT2D eigenvalue weighted by Gasteiger charge is 2.33.